The third-order valence-electron chi connectivity index (χ3n) is 4.81. The van der Waals surface area contributed by atoms with E-state index >= 15 is 0 Å². The molecule has 9 nitrogen and oxygen atoms in total. The van der Waals surface area contributed by atoms with Crippen molar-refractivity contribution in [1.29, 1.82) is 0 Å². The van der Waals surface area contributed by atoms with Gasteiger partial charge in [-0.1, -0.05) is 16.9 Å². The van der Waals surface area contributed by atoms with Gasteiger partial charge >= 0.3 is 0 Å². The van der Waals surface area contributed by atoms with Gasteiger partial charge in [0.05, 0.1) is 10.9 Å². The molecule has 1 saturated heterocycles. The van der Waals surface area contributed by atoms with Crippen molar-refractivity contribution in [2.75, 3.05) is 19.3 Å². The van der Waals surface area contributed by atoms with Crippen molar-refractivity contribution in [2.24, 2.45) is 7.05 Å². The predicted octanol–water partition coefficient (Wildman–Crippen LogP) is 1.86. The largest absolute Gasteiger partial charge is 0.361 e. The highest BCUT2D eigenvalue weighted by molar-refractivity contribution is 7.98. The van der Waals surface area contributed by atoms with Gasteiger partial charge < -0.3 is 4.52 Å². The van der Waals surface area contributed by atoms with Gasteiger partial charge in [-0.2, -0.15) is 0 Å². The molecule has 29 heavy (non-hydrogen) atoms. The summed E-state index contributed by atoms with van der Waals surface area (Å²) in [5.41, 5.74) is 0.807. The van der Waals surface area contributed by atoms with Gasteiger partial charge in [-0.3, -0.25) is 19.0 Å². The number of rotatable bonds is 3. The number of carbonyl (C=O) groups is 2. The van der Waals surface area contributed by atoms with E-state index in [0.717, 1.165) is 0 Å². The first kappa shape index (κ1) is 19.2. The number of amides is 2. The van der Waals surface area contributed by atoms with E-state index in [1.807, 2.05) is 6.26 Å². The number of carbonyl (C=O) groups excluding carboxylic acids is 2. The van der Waals surface area contributed by atoms with Crippen LogP contribution < -0.4 is 5.56 Å². The molecular formula is C19H19N5O4S. The molecule has 150 valence electrons. The Labute approximate surface area is 170 Å². The fraction of sp³-hybridized carbons (Fsp3) is 0.316. The van der Waals surface area contributed by atoms with Crippen LogP contribution in [0.4, 0.5) is 0 Å². The number of hydrazine groups is 1. The summed E-state index contributed by atoms with van der Waals surface area (Å²) in [4.78, 5) is 42.8. The van der Waals surface area contributed by atoms with Crippen molar-refractivity contribution in [1.82, 2.24) is 24.7 Å². The zero-order valence-corrected chi connectivity index (χ0v) is 17.0. The summed E-state index contributed by atoms with van der Waals surface area (Å²) in [5, 5.41) is 7.54. The van der Waals surface area contributed by atoms with Gasteiger partial charge in [0.2, 0.25) is 0 Å². The van der Waals surface area contributed by atoms with Crippen molar-refractivity contribution >= 4 is 34.5 Å². The highest BCUT2D eigenvalue weighted by atomic mass is 32.2. The van der Waals surface area contributed by atoms with Gasteiger partial charge in [0.15, 0.2) is 10.9 Å². The van der Waals surface area contributed by atoms with Crippen LogP contribution in [0.1, 0.15) is 33.0 Å². The van der Waals surface area contributed by atoms with Crippen LogP contribution in [0.2, 0.25) is 0 Å². The van der Waals surface area contributed by atoms with E-state index in [1.165, 1.54) is 26.3 Å². The number of hydrogen-bond acceptors (Lipinski definition) is 7. The second-order valence-corrected chi connectivity index (χ2v) is 7.50. The smallest absolute Gasteiger partial charge is 0.294 e. The molecule has 1 aromatic carbocycles. The highest BCUT2D eigenvalue weighted by Gasteiger charge is 2.33. The fourth-order valence-corrected chi connectivity index (χ4v) is 3.90. The van der Waals surface area contributed by atoms with Gasteiger partial charge in [0, 0.05) is 31.8 Å². The van der Waals surface area contributed by atoms with Crippen LogP contribution in [0.5, 0.6) is 0 Å². The van der Waals surface area contributed by atoms with Crippen LogP contribution >= 0.6 is 11.8 Å². The Morgan fingerprint density at radius 3 is 2.52 bits per heavy atom. The number of hydrogen-bond donors (Lipinski definition) is 0. The minimum absolute atomic E-state index is 0.162. The van der Waals surface area contributed by atoms with E-state index in [1.54, 1.807) is 38.2 Å². The van der Waals surface area contributed by atoms with Crippen LogP contribution in [-0.2, 0) is 7.05 Å². The zero-order chi connectivity index (χ0) is 20.7. The number of aryl methyl sites for hydroxylation is 1. The third kappa shape index (κ3) is 3.29. The van der Waals surface area contributed by atoms with Gasteiger partial charge in [-0.15, -0.1) is 0 Å². The quantitative estimate of drug-likeness (QED) is 0.477. The first-order valence-electron chi connectivity index (χ1n) is 9.02. The lowest BCUT2D eigenvalue weighted by Crippen LogP contribution is -2.45. The maximum Gasteiger partial charge on any atom is 0.294 e. The van der Waals surface area contributed by atoms with E-state index in [0.29, 0.717) is 46.9 Å². The summed E-state index contributed by atoms with van der Waals surface area (Å²) in [6.45, 7) is 2.53. The summed E-state index contributed by atoms with van der Waals surface area (Å²) in [6.07, 6.45) is 2.50. The van der Waals surface area contributed by atoms with Crippen molar-refractivity contribution < 1.29 is 14.1 Å². The average Bonchev–Trinajstić information content (AvgIpc) is 3.38. The van der Waals surface area contributed by atoms with Gasteiger partial charge in [0.25, 0.3) is 17.4 Å². The van der Waals surface area contributed by atoms with Crippen molar-refractivity contribution in [3.05, 3.63) is 51.6 Å². The standard InChI is InChI=1S/C19H19N5O4S/c1-11-9-15(21-28-11)18(27)24-8-4-7-23(24)16(25)12-5-6-13-14(10-12)20-19(29-3)22(2)17(13)26/h5-6,9-10H,4,7-8H2,1-3H3. The SMILES string of the molecule is CSc1nc2cc(C(=O)N3CCCN3C(=O)c3cc(C)on3)ccc2c(=O)n1C. The van der Waals surface area contributed by atoms with Gasteiger partial charge in [0.1, 0.15) is 5.76 Å². The molecule has 0 aliphatic carbocycles. The van der Waals surface area contributed by atoms with Crippen LogP contribution in [-0.4, -0.2) is 55.9 Å². The number of benzene rings is 1. The molecular weight excluding hydrogens is 394 g/mol. The molecule has 0 spiro atoms. The first-order valence-corrected chi connectivity index (χ1v) is 10.2. The first-order chi connectivity index (χ1) is 13.9. The Hall–Kier alpha value is -3.14. The molecule has 2 aromatic heterocycles. The van der Waals surface area contributed by atoms with E-state index in [4.69, 9.17) is 4.52 Å². The van der Waals surface area contributed by atoms with Crippen molar-refractivity contribution in [3.8, 4) is 0 Å². The van der Waals surface area contributed by atoms with Crippen LogP contribution in [0.3, 0.4) is 0 Å². The van der Waals surface area contributed by atoms with Crippen LogP contribution in [0.15, 0.2) is 38.7 Å². The summed E-state index contributed by atoms with van der Waals surface area (Å²) in [7, 11) is 1.67. The summed E-state index contributed by atoms with van der Waals surface area (Å²) < 4.78 is 6.46. The molecule has 0 radical (unpaired) electrons. The minimum atomic E-state index is -0.384. The molecule has 0 atom stereocenters. The molecule has 10 heteroatoms. The topological polar surface area (TPSA) is 102 Å². The molecule has 0 unspecified atom stereocenters. The molecule has 2 amide bonds. The van der Waals surface area contributed by atoms with Crippen LogP contribution in [0, 0.1) is 6.92 Å². The predicted molar refractivity (Wildman–Crippen MR) is 107 cm³/mol. The van der Waals surface area contributed by atoms with Gasteiger partial charge in [-0.25, -0.2) is 15.0 Å². The number of fused-ring (bicyclic) bond motifs is 1. The third-order valence-corrected chi connectivity index (χ3v) is 5.54. The molecule has 0 saturated carbocycles. The van der Waals surface area contributed by atoms with E-state index < -0.39 is 0 Å². The highest BCUT2D eigenvalue weighted by Crippen LogP contribution is 2.21. The second-order valence-electron chi connectivity index (χ2n) is 6.73. The van der Waals surface area contributed by atoms with Crippen molar-refractivity contribution in [2.45, 2.75) is 18.5 Å². The zero-order valence-electron chi connectivity index (χ0n) is 16.2. The molecule has 0 N–H and O–H groups in total. The lowest BCUT2D eigenvalue weighted by Gasteiger charge is -2.27. The summed E-state index contributed by atoms with van der Waals surface area (Å²) in [5.74, 6) is -0.187. The molecule has 0 bridgehead atoms. The molecule has 3 heterocycles. The minimum Gasteiger partial charge on any atom is -0.361 e. The Bertz CT molecular complexity index is 1190. The van der Waals surface area contributed by atoms with E-state index in [-0.39, 0.29) is 23.1 Å². The Morgan fingerprint density at radius 2 is 1.86 bits per heavy atom. The fourth-order valence-electron chi connectivity index (χ4n) is 3.35. The normalized spacial score (nSPS) is 14.0. The molecule has 3 aromatic rings. The van der Waals surface area contributed by atoms with E-state index in [2.05, 4.69) is 10.1 Å². The Morgan fingerprint density at radius 1 is 1.14 bits per heavy atom. The molecule has 1 aliphatic heterocycles. The number of aromatic nitrogens is 3. The maximum absolute atomic E-state index is 13.1. The Balaban J connectivity index is 1.68. The lowest BCUT2D eigenvalue weighted by atomic mass is 10.1. The summed E-state index contributed by atoms with van der Waals surface area (Å²) >= 11 is 1.36. The van der Waals surface area contributed by atoms with Gasteiger partial charge in [-0.05, 0) is 37.8 Å². The molecule has 1 aliphatic rings. The average molecular weight is 413 g/mol. The maximum atomic E-state index is 13.1. The van der Waals surface area contributed by atoms with E-state index in [9.17, 15) is 14.4 Å². The number of nitrogens with zero attached hydrogens (tertiary/aromatic N) is 5. The van der Waals surface area contributed by atoms with Crippen molar-refractivity contribution in [3.63, 3.8) is 0 Å². The lowest BCUT2D eigenvalue weighted by molar-refractivity contribution is 0.0180. The second kappa shape index (κ2) is 7.36. The number of thioether (sulfide) groups is 1. The molecule has 4 rings (SSSR count). The monoisotopic (exact) mass is 413 g/mol. The summed E-state index contributed by atoms with van der Waals surface area (Å²) in [6, 6.07) is 6.34. The Kier molecular flexibility index (Phi) is 4.87. The van der Waals surface area contributed by atoms with Crippen LogP contribution in [0.25, 0.3) is 10.9 Å². The molecule has 1 fully saturated rings.